The summed E-state index contributed by atoms with van der Waals surface area (Å²) in [4.78, 5) is 5.98. The summed E-state index contributed by atoms with van der Waals surface area (Å²) in [7, 11) is 0. The van der Waals surface area contributed by atoms with Crippen LogP contribution in [0.4, 0.5) is 24.5 Å². The van der Waals surface area contributed by atoms with Gasteiger partial charge in [-0.2, -0.15) is 13.2 Å². The Balaban J connectivity index is 1.88. The van der Waals surface area contributed by atoms with Gasteiger partial charge in [-0.3, -0.25) is 4.90 Å². The normalized spacial score (nSPS) is 18.8. The minimum atomic E-state index is -4.47. The number of nitrogens with zero attached hydrogens (tertiary/aromatic N) is 2. The van der Waals surface area contributed by atoms with E-state index in [0.717, 1.165) is 6.07 Å². The average Bonchev–Trinajstić information content (AvgIpc) is 2.95. The zero-order chi connectivity index (χ0) is 19.6. The van der Waals surface area contributed by atoms with E-state index in [4.69, 9.17) is 23.8 Å². The van der Waals surface area contributed by atoms with Crippen LogP contribution in [0, 0.1) is 0 Å². The van der Waals surface area contributed by atoms with Crippen LogP contribution in [0.25, 0.3) is 0 Å². The maximum atomic E-state index is 13.2. The maximum absolute atomic E-state index is 13.2. The summed E-state index contributed by atoms with van der Waals surface area (Å²) in [5, 5.41) is 4.55. The van der Waals surface area contributed by atoms with E-state index in [1.54, 1.807) is 29.2 Å². The molecule has 1 atom stereocenters. The molecular formula is C18H15ClF3N3S2. The summed E-state index contributed by atoms with van der Waals surface area (Å²) in [5.74, 6) is 0. The second-order valence-corrected chi connectivity index (χ2v) is 8.12. The predicted molar refractivity (Wildman–Crippen MR) is 110 cm³/mol. The standard InChI is InChI=1S/C18H15ClF3N3S2/c1-11-10-25(16(26)23-13-6-4-5-12(19)9-13)17(27-11)24-15-8-3-2-7-14(15)18(20,21)22/h2-9,11H,10H2,1H3,(H,23,26)/b24-17+. The lowest BCUT2D eigenvalue weighted by Gasteiger charge is -2.20. The first kappa shape index (κ1) is 20.0. The Morgan fingerprint density at radius 1 is 1.26 bits per heavy atom. The smallest absolute Gasteiger partial charge is 0.332 e. The number of para-hydroxylation sites is 1. The molecule has 1 unspecified atom stereocenters. The van der Waals surface area contributed by atoms with Crippen molar-refractivity contribution in [3.63, 3.8) is 0 Å². The highest BCUT2D eigenvalue weighted by atomic mass is 35.5. The molecule has 1 saturated heterocycles. The molecule has 1 aliphatic heterocycles. The first-order valence-corrected chi connectivity index (χ1v) is 9.66. The molecule has 2 aromatic carbocycles. The fourth-order valence-corrected chi connectivity index (χ4v) is 4.10. The van der Waals surface area contributed by atoms with Crippen LogP contribution < -0.4 is 5.32 Å². The van der Waals surface area contributed by atoms with Crippen molar-refractivity contribution >= 4 is 57.2 Å². The van der Waals surface area contributed by atoms with Gasteiger partial charge < -0.3 is 5.32 Å². The third-order valence-electron chi connectivity index (χ3n) is 3.72. The lowest BCUT2D eigenvalue weighted by Crippen LogP contribution is -2.36. The topological polar surface area (TPSA) is 27.6 Å². The van der Waals surface area contributed by atoms with E-state index in [2.05, 4.69) is 10.3 Å². The van der Waals surface area contributed by atoms with E-state index in [0.29, 0.717) is 27.5 Å². The molecule has 9 heteroatoms. The van der Waals surface area contributed by atoms with Gasteiger partial charge in [0.1, 0.15) is 0 Å². The van der Waals surface area contributed by atoms with Gasteiger partial charge >= 0.3 is 6.18 Å². The van der Waals surface area contributed by atoms with Crippen LogP contribution in [0.3, 0.4) is 0 Å². The SMILES string of the molecule is CC1CN(C(=S)Nc2cccc(Cl)c2)/C(=N\c2ccccc2C(F)(F)F)S1. The van der Waals surface area contributed by atoms with E-state index in [1.165, 1.54) is 30.0 Å². The van der Waals surface area contributed by atoms with Gasteiger partial charge in [0, 0.05) is 22.5 Å². The van der Waals surface area contributed by atoms with Gasteiger partial charge in [-0.25, -0.2) is 4.99 Å². The predicted octanol–water partition coefficient (Wildman–Crippen LogP) is 6.18. The molecule has 0 aliphatic carbocycles. The van der Waals surface area contributed by atoms with E-state index < -0.39 is 11.7 Å². The molecule has 0 bridgehead atoms. The van der Waals surface area contributed by atoms with Crippen molar-refractivity contribution in [3.8, 4) is 0 Å². The third kappa shape index (κ3) is 4.94. The quantitative estimate of drug-likeness (QED) is 0.577. The zero-order valence-corrected chi connectivity index (χ0v) is 16.5. The minimum Gasteiger partial charge on any atom is -0.332 e. The van der Waals surface area contributed by atoms with Crippen LogP contribution in [-0.4, -0.2) is 27.0 Å². The molecule has 1 fully saturated rings. The summed E-state index contributed by atoms with van der Waals surface area (Å²) in [6.07, 6.45) is -4.47. The lowest BCUT2D eigenvalue weighted by molar-refractivity contribution is -0.137. The number of benzene rings is 2. The van der Waals surface area contributed by atoms with Crippen molar-refractivity contribution in [1.82, 2.24) is 4.90 Å². The van der Waals surface area contributed by atoms with Gasteiger partial charge in [-0.1, -0.05) is 48.5 Å². The second kappa shape index (κ2) is 8.08. The van der Waals surface area contributed by atoms with Crippen LogP contribution in [0.5, 0.6) is 0 Å². The molecule has 0 amide bonds. The molecule has 1 N–H and O–H groups in total. The van der Waals surface area contributed by atoms with Gasteiger partial charge in [-0.15, -0.1) is 0 Å². The Kier molecular flexibility index (Phi) is 5.98. The fourth-order valence-electron chi connectivity index (χ4n) is 2.54. The van der Waals surface area contributed by atoms with E-state index in [1.807, 2.05) is 6.92 Å². The Labute approximate surface area is 169 Å². The Morgan fingerprint density at radius 3 is 2.70 bits per heavy atom. The molecule has 1 aliphatic rings. The van der Waals surface area contributed by atoms with Crippen LogP contribution in [0.1, 0.15) is 12.5 Å². The summed E-state index contributed by atoms with van der Waals surface area (Å²) in [5.41, 5.74) is -0.199. The van der Waals surface area contributed by atoms with E-state index >= 15 is 0 Å². The number of anilines is 1. The Morgan fingerprint density at radius 2 is 2.00 bits per heavy atom. The molecule has 0 aromatic heterocycles. The van der Waals surface area contributed by atoms with Gasteiger partial charge in [0.05, 0.1) is 11.3 Å². The lowest BCUT2D eigenvalue weighted by atomic mass is 10.2. The number of nitrogens with one attached hydrogen (secondary N) is 1. The maximum Gasteiger partial charge on any atom is 0.418 e. The number of aliphatic imine (C=N–C) groups is 1. The number of alkyl halides is 3. The largest absolute Gasteiger partial charge is 0.418 e. The summed E-state index contributed by atoms with van der Waals surface area (Å²) >= 11 is 12.8. The van der Waals surface area contributed by atoms with Crippen molar-refractivity contribution in [2.24, 2.45) is 4.99 Å². The molecule has 0 radical (unpaired) electrons. The van der Waals surface area contributed by atoms with Crippen molar-refractivity contribution in [3.05, 3.63) is 59.1 Å². The van der Waals surface area contributed by atoms with Crippen LogP contribution in [0.2, 0.25) is 5.02 Å². The van der Waals surface area contributed by atoms with Crippen molar-refractivity contribution in [2.45, 2.75) is 18.3 Å². The summed E-state index contributed by atoms with van der Waals surface area (Å²) in [6, 6.07) is 12.3. The zero-order valence-electron chi connectivity index (χ0n) is 14.1. The Hall–Kier alpha value is -1.77. The summed E-state index contributed by atoms with van der Waals surface area (Å²) in [6.45, 7) is 2.52. The molecule has 27 heavy (non-hydrogen) atoms. The van der Waals surface area contributed by atoms with Crippen LogP contribution in [0.15, 0.2) is 53.5 Å². The number of rotatable bonds is 2. The average molecular weight is 430 g/mol. The number of hydrogen-bond donors (Lipinski definition) is 1. The number of thioether (sulfide) groups is 1. The molecule has 1 heterocycles. The van der Waals surface area contributed by atoms with Crippen LogP contribution in [-0.2, 0) is 6.18 Å². The molecular weight excluding hydrogens is 415 g/mol. The first-order chi connectivity index (χ1) is 12.7. The van der Waals surface area contributed by atoms with E-state index in [9.17, 15) is 13.2 Å². The fraction of sp³-hybridized carbons (Fsp3) is 0.222. The number of halogens is 4. The number of hydrogen-bond acceptors (Lipinski definition) is 3. The number of amidine groups is 1. The monoisotopic (exact) mass is 429 g/mol. The van der Waals surface area contributed by atoms with Gasteiger partial charge in [0.2, 0.25) is 0 Å². The highest BCUT2D eigenvalue weighted by Gasteiger charge is 2.34. The molecule has 142 valence electrons. The minimum absolute atomic E-state index is 0.128. The van der Waals surface area contributed by atoms with Crippen molar-refractivity contribution < 1.29 is 13.2 Å². The van der Waals surface area contributed by atoms with Crippen molar-refractivity contribution in [2.75, 3.05) is 11.9 Å². The highest BCUT2D eigenvalue weighted by Crippen LogP contribution is 2.38. The highest BCUT2D eigenvalue weighted by molar-refractivity contribution is 8.14. The first-order valence-electron chi connectivity index (χ1n) is 7.99. The van der Waals surface area contributed by atoms with E-state index in [-0.39, 0.29) is 10.9 Å². The second-order valence-electron chi connectivity index (χ2n) is 5.89. The number of thiocarbonyl (C=S) groups is 1. The molecule has 0 spiro atoms. The van der Waals surface area contributed by atoms with Gasteiger partial charge in [0.25, 0.3) is 0 Å². The third-order valence-corrected chi connectivity index (χ3v) is 5.36. The van der Waals surface area contributed by atoms with Gasteiger partial charge in [0.15, 0.2) is 10.3 Å². The molecule has 2 aromatic rings. The Bertz CT molecular complexity index is 886. The van der Waals surface area contributed by atoms with Crippen molar-refractivity contribution in [1.29, 1.82) is 0 Å². The van der Waals surface area contributed by atoms with Gasteiger partial charge in [-0.05, 0) is 42.5 Å². The molecule has 0 saturated carbocycles. The molecule has 3 nitrogen and oxygen atoms in total. The summed E-state index contributed by atoms with van der Waals surface area (Å²) < 4.78 is 39.7. The van der Waals surface area contributed by atoms with Crippen LogP contribution >= 0.6 is 35.6 Å². The molecule has 3 rings (SSSR count).